The number of nitrogens with one attached hydrogen (secondary N) is 2. The number of rotatable bonds is 4. The summed E-state index contributed by atoms with van der Waals surface area (Å²) in [6.45, 7) is 1.74. The van der Waals surface area contributed by atoms with E-state index in [0.29, 0.717) is 14.9 Å². The van der Waals surface area contributed by atoms with Gasteiger partial charge in [-0.05, 0) is 41.1 Å². The standard InChI is InChI=1S/C14H11BrN2O4S2/c1-8-9-4-2-3-5-10(9)21-13(8)14(18)16-17-23(19,20)12-7-6-11(15)22-12/h2-7,17H,1H3,(H,16,18). The van der Waals surface area contributed by atoms with Crippen molar-refractivity contribution in [3.05, 3.63) is 51.5 Å². The second-order valence-electron chi connectivity index (χ2n) is 4.67. The smallest absolute Gasteiger partial charge is 0.302 e. The monoisotopic (exact) mass is 414 g/mol. The number of furan rings is 1. The molecule has 1 aromatic carbocycles. The molecule has 0 unspecified atom stereocenters. The Morgan fingerprint density at radius 1 is 1.22 bits per heavy atom. The predicted octanol–water partition coefficient (Wildman–Crippen LogP) is 3.19. The summed E-state index contributed by atoms with van der Waals surface area (Å²) >= 11 is 4.24. The zero-order valence-corrected chi connectivity index (χ0v) is 15.0. The summed E-state index contributed by atoms with van der Waals surface area (Å²) in [5.41, 5.74) is 3.39. The number of benzene rings is 1. The van der Waals surface area contributed by atoms with Gasteiger partial charge in [0.15, 0.2) is 5.76 Å². The molecule has 0 spiro atoms. The van der Waals surface area contributed by atoms with Gasteiger partial charge in [0.1, 0.15) is 9.79 Å². The zero-order chi connectivity index (χ0) is 16.6. The van der Waals surface area contributed by atoms with Crippen LogP contribution in [0.4, 0.5) is 0 Å². The molecule has 0 radical (unpaired) electrons. The number of carbonyl (C=O) groups excluding carboxylic acids is 1. The van der Waals surface area contributed by atoms with Crippen LogP contribution in [-0.4, -0.2) is 14.3 Å². The first-order valence-corrected chi connectivity index (χ1v) is 9.53. The van der Waals surface area contributed by atoms with Crippen molar-refractivity contribution in [2.24, 2.45) is 0 Å². The highest BCUT2D eigenvalue weighted by Crippen LogP contribution is 2.26. The first-order valence-electron chi connectivity index (χ1n) is 6.44. The summed E-state index contributed by atoms with van der Waals surface area (Å²) < 4.78 is 30.4. The molecule has 3 rings (SSSR count). The molecule has 120 valence electrons. The highest BCUT2D eigenvalue weighted by molar-refractivity contribution is 9.11. The molecular weight excluding hydrogens is 404 g/mol. The van der Waals surface area contributed by atoms with Crippen LogP contribution >= 0.6 is 27.3 Å². The lowest BCUT2D eigenvalue weighted by atomic mass is 10.1. The van der Waals surface area contributed by atoms with E-state index in [-0.39, 0.29) is 9.97 Å². The van der Waals surface area contributed by atoms with Gasteiger partial charge in [0.2, 0.25) is 0 Å². The largest absolute Gasteiger partial charge is 0.451 e. The third-order valence-corrected chi connectivity index (χ3v) is 6.53. The Labute approximate surface area is 144 Å². The number of halogens is 1. The first-order chi connectivity index (χ1) is 10.9. The summed E-state index contributed by atoms with van der Waals surface area (Å²) in [4.78, 5) is 14.2. The summed E-state index contributed by atoms with van der Waals surface area (Å²) in [5.74, 6) is -0.584. The summed E-state index contributed by atoms with van der Waals surface area (Å²) in [6.07, 6.45) is 0. The third kappa shape index (κ3) is 3.18. The topological polar surface area (TPSA) is 88.4 Å². The minimum Gasteiger partial charge on any atom is -0.451 e. The molecule has 0 aliphatic rings. The lowest BCUT2D eigenvalue weighted by Gasteiger charge is -2.05. The molecule has 0 aliphatic carbocycles. The van der Waals surface area contributed by atoms with Crippen molar-refractivity contribution in [3.63, 3.8) is 0 Å². The van der Waals surface area contributed by atoms with Gasteiger partial charge in [0.25, 0.3) is 10.0 Å². The Morgan fingerprint density at radius 3 is 2.61 bits per heavy atom. The molecule has 0 bridgehead atoms. The van der Waals surface area contributed by atoms with Gasteiger partial charge in [-0.2, -0.15) is 0 Å². The fraction of sp³-hybridized carbons (Fsp3) is 0.0714. The van der Waals surface area contributed by atoms with Crippen LogP contribution in [0.15, 0.2) is 48.8 Å². The first kappa shape index (κ1) is 16.2. The molecular formula is C14H11BrN2O4S2. The van der Waals surface area contributed by atoms with Gasteiger partial charge in [-0.15, -0.1) is 16.2 Å². The number of thiophene rings is 1. The van der Waals surface area contributed by atoms with Gasteiger partial charge in [-0.3, -0.25) is 10.2 Å². The quantitative estimate of drug-likeness (QED) is 0.641. The molecule has 3 aromatic rings. The van der Waals surface area contributed by atoms with Gasteiger partial charge >= 0.3 is 5.91 Å². The van der Waals surface area contributed by atoms with Crippen LogP contribution in [0.3, 0.4) is 0 Å². The van der Waals surface area contributed by atoms with E-state index >= 15 is 0 Å². The molecule has 2 aromatic heterocycles. The van der Waals surface area contributed by atoms with Crippen LogP contribution in [0.25, 0.3) is 11.0 Å². The van der Waals surface area contributed by atoms with Crippen LogP contribution in [0, 0.1) is 6.92 Å². The Bertz CT molecular complexity index is 991. The van der Waals surface area contributed by atoms with Crippen LogP contribution < -0.4 is 10.3 Å². The number of hydrazine groups is 1. The van der Waals surface area contributed by atoms with E-state index in [4.69, 9.17) is 4.42 Å². The highest BCUT2D eigenvalue weighted by Gasteiger charge is 2.21. The van der Waals surface area contributed by atoms with E-state index < -0.39 is 15.9 Å². The number of para-hydroxylation sites is 1. The average Bonchev–Trinajstić information content (AvgIpc) is 3.10. The van der Waals surface area contributed by atoms with Gasteiger partial charge in [0, 0.05) is 10.9 Å². The minimum atomic E-state index is -3.82. The van der Waals surface area contributed by atoms with Crippen LogP contribution in [0.5, 0.6) is 0 Å². The van der Waals surface area contributed by atoms with E-state index in [1.54, 1.807) is 25.1 Å². The van der Waals surface area contributed by atoms with E-state index in [2.05, 4.69) is 26.2 Å². The number of amides is 1. The van der Waals surface area contributed by atoms with Crippen molar-refractivity contribution in [1.29, 1.82) is 0 Å². The molecule has 2 N–H and O–H groups in total. The minimum absolute atomic E-state index is 0.0706. The van der Waals surface area contributed by atoms with Gasteiger partial charge < -0.3 is 4.42 Å². The number of aryl methyl sites for hydroxylation is 1. The second kappa shape index (κ2) is 6.08. The lowest BCUT2D eigenvalue weighted by molar-refractivity contribution is 0.0918. The van der Waals surface area contributed by atoms with Crippen molar-refractivity contribution >= 4 is 54.2 Å². The number of carbonyl (C=O) groups is 1. The van der Waals surface area contributed by atoms with Crippen molar-refractivity contribution in [2.45, 2.75) is 11.1 Å². The van der Waals surface area contributed by atoms with E-state index in [1.807, 2.05) is 12.1 Å². The fourth-order valence-electron chi connectivity index (χ4n) is 2.05. The maximum Gasteiger partial charge on any atom is 0.302 e. The molecule has 0 saturated heterocycles. The molecule has 0 saturated carbocycles. The van der Waals surface area contributed by atoms with Crippen molar-refractivity contribution in [1.82, 2.24) is 10.3 Å². The van der Waals surface area contributed by atoms with Crippen LogP contribution in [0.1, 0.15) is 16.1 Å². The maximum absolute atomic E-state index is 12.2. The predicted molar refractivity (Wildman–Crippen MR) is 90.8 cm³/mol. The van der Waals surface area contributed by atoms with Gasteiger partial charge in [-0.25, -0.2) is 8.42 Å². The Kier molecular flexibility index (Phi) is 4.28. The van der Waals surface area contributed by atoms with Crippen LogP contribution in [-0.2, 0) is 10.0 Å². The summed E-state index contributed by atoms with van der Waals surface area (Å²) in [6, 6.07) is 10.3. The maximum atomic E-state index is 12.2. The molecule has 23 heavy (non-hydrogen) atoms. The SMILES string of the molecule is Cc1c(C(=O)NNS(=O)(=O)c2ccc(Br)s2)oc2ccccc12. The highest BCUT2D eigenvalue weighted by atomic mass is 79.9. The average molecular weight is 415 g/mol. The van der Waals surface area contributed by atoms with Crippen molar-refractivity contribution in [3.8, 4) is 0 Å². The second-order valence-corrected chi connectivity index (χ2v) is 9.04. The third-order valence-electron chi connectivity index (χ3n) is 3.16. The van der Waals surface area contributed by atoms with E-state index in [1.165, 1.54) is 6.07 Å². The Hall–Kier alpha value is -1.68. The Balaban J connectivity index is 1.80. The van der Waals surface area contributed by atoms with Crippen LogP contribution in [0.2, 0.25) is 0 Å². The normalized spacial score (nSPS) is 11.7. The van der Waals surface area contributed by atoms with Gasteiger partial charge in [0.05, 0.1) is 3.79 Å². The molecule has 0 fully saturated rings. The van der Waals surface area contributed by atoms with Crippen molar-refractivity contribution < 1.29 is 17.6 Å². The van der Waals surface area contributed by atoms with E-state index in [0.717, 1.165) is 16.7 Å². The molecule has 0 atom stereocenters. The Morgan fingerprint density at radius 2 is 1.96 bits per heavy atom. The zero-order valence-electron chi connectivity index (χ0n) is 11.8. The number of sulfonamides is 1. The molecule has 0 aliphatic heterocycles. The van der Waals surface area contributed by atoms with Gasteiger partial charge in [-0.1, -0.05) is 18.2 Å². The lowest BCUT2D eigenvalue weighted by Crippen LogP contribution is -2.41. The molecule has 1 amide bonds. The van der Waals surface area contributed by atoms with E-state index in [9.17, 15) is 13.2 Å². The fourth-order valence-corrected chi connectivity index (χ4v) is 4.90. The number of fused-ring (bicyclic) bond motifs is 1. The number of hydrogen-bond acceptors (Lipinski definition) is 5. The number of hydrogen-bond donors (Lipinski definition) is 2. The van der Waals surface area contributed by atoms with Crippen molar-refractivity contribution in [2.75, 3.05) is 0 Å². The summed E-state index contributed by atoms with van der Waals surface area (Å²) in [7, 11) is -3.82. The summed E-state index contributed by atoms with van der Waals surface area (Å²) in [5, 5.41) is 0.808. The molecule has 6 nitrogen and oxygen atoms in total. The molecule has 2 heterocycles. The molecule has 9 heteroatoms.